The number of halogens is 2. The molecular weight excluding hydrogens is 233 g/mol. The van der Waals surface area contributed by atoms with Gasteiger partial charge in [-0.25, -0.2) is 9.18 Å². The summed E-state index contributed by atoms with van der Waals surface area (Å²) in [6.45, 7) is 0.661. The van der Waals surface area contributed by atoms with Crippen LogP contribution in [0, 0.1) is 5.82 Å². The van der Waals surface area contributed by atoms with E-state index in [1.165, 1.54) is 24.3 Å². The quantitative estimate of drug-likeness (QED) is 0.616. The highest BCUT2D eigenvalue weighted by atomic mass is 35.5. The van der Waals surface area contributed by atoms with Gasteiger partial charge < -0.3 is 10.4 Å². The molecule has 0 saturated carbocycles. The highest BCUT2D eigenvalue weighted by Gasteiger charge is 2.01. The lowest BCUT2D eigenvalue weighted by molar-refractivity contribution is -0.131. The summed E-state index contributed by atoms with van der Waals surface area (Å²) in [4.78, 5) is 10.1. The van der Waals surface area contributed by atoms with Gasteiger partial charge in [0, 0.05) is 29.8 Å². The van der Waals surface area contributed by atoms with Crippen molar-refractivity contribution in [3.63, 3.8) is 0 Å². The highest BCUT2D eigenvalue weighted by Crippen LogP contribution is 2.14. The van der Waals surface area contributed by atoms with Crippen LogP contribution in [0.3, 0.4) is 0 Å². The van der Waals surface area contributed by atoms with E-state index in [4.69, 9.17) is 16.7 Å². The van der Waals surface area contributed by atoms with Gasteiger partial charge in [-0.3, -0.25) is 0 Å². The Hall–Kier alpha value is -1.39. The van der Waals surface area contributed by atoms with Gasteiger partial charge in [-0.2, -0.15) is 0 Å². The second-order valence-electron chi connectivity index (χ2n) is 3.11. The summed E-state index contributed by atoms with van der Waals surface area (Å²) < 4.78 is 13.2. The van der Waals surface area contributed by atoms with Crippen LogP contribution in [-0.4, -0.2) is 17.6 Å². The molecule has 0 atom stereocenters. The van der Waals surface area contributed by atoms with Gasteiger partial charge in [-0.05, 0) is 18.2 Å². The molecule has 5 heteroatoms. The smallest absolute Gasteiger partial charge is 0.328 e. The number of carboxylic acids is 1. The monoisotopic (exact) mass is 243 g/mol. The molecule has 0 saturated heterocycles. The fourth-order valence-electron chi connectivity index (χ4n) is 1.13. The molecule has 0 aliphatic carbocycles. The molecule has 16 heavy (non-hydrogen) atoms. The van der Waals surface area contributed by atoms with E-state index >= 15 is 0 Å². The normalized spacial score (nSPS) is 10.9. The summed E-state index contributed by atoms with van der Waals surface area (Å²) in [7, 11) is 0. The molecule has 0 heterocycles. The first-order valence-electron chi connectivity index (χ1n) is 4.63. The molecule has 0 aromatic heterocycles. The van der Waals surface area contributed by atoms with E-state index in [9.17, 15) is 9.18 Å². The Morgan fingerprint density at radius 3 is 3.00 bits per heavy atom. The van der Waals surface area contributed by atoms with Crippen LogP contribution >= 0.6 is 11.6 Å². The first-order chi connectivity index (χ1) is 7.59. The van der Waals surface area contributed by atoms with E-state index in [1.54, 1.807) is 0 Å². The summed E-state index contributed by atoms with van der Waals surface area (Å²) in [5.41, 5.74) is 0.455. The fourth-order valence-corrected chi connectivity index (χ4v) is 1.32. The Balaban J connectivity index is 2.43. The zero-order valence-corrected chi connectivity index (χ0v) is 9.17. The Morgan fingerprint density at radius 1 is 1.56 bits per heavy atom. The first kappa shape index (κ1) is 12.7. The molecule has 0 amide bonds. The van der Waals surface area contributed by atoms with Crippen molar-refractivity contribution >= 4 is 17.6 Å². The molecule has 1 aromatic rings. The standard InChI is InChI=1S/C11H11ClFNO2/c12-9-3-4-10(13)8(6-9)7-14-5-1-2-11(15)16/h1-4,6,14H,5,7H2,(H,15,16)/b2-1+. The van der Waals surface area contributed by atoms with Crippen LogP contribution < -0.4 is 5.32 Å². The summed E-state index contributed by atoms with van der Waals surface area (Å²) in [6, 6.07) is 4.31. The van der Waals surface area contributed by atoms with Crippen molar-refractivity contribution < 1.29 is 14.3 Å². The van der Waals surface area contributed by atoms with Crippen molar-refractivity contribution in [1.29, 1.82) is 0 Å². The van der Waals surface area contributed by atoms with Crippen molar-refractivity contribution in [3.05, 3.63) is 46.8 Å². The second-order valence-corrected chi connectivity index (χ2v) is 3.54. The predicted molar refractivity (Wildman–Crippen MR) is 59.9 cm³/mol. The van der Waals surface area contributed by atoms with E-state index in [-0.39, 0.29) is 5.82 Å². The van der Waals surface area contributed by atoms with Crippen molar-refractivity contribution in [3.8, 4) is 0 Å². The van der Waals surface area contributed by atoms with Crippen LogP contribution in [0.15, 0.2) is 30.4 Å². The fraction of sp³-hybridized carbons (Fsp3) is 0.182. The minimum absolute atomic E-state index is 0.302. The maximum absolute atomic E-state index is 13.2. The van der Waals surface area contributed by atoms with E-state index in [1.807, 2.05) is 0 Å². The van der Waals surface area contributed by atoms with Gasteiger partial charge in [-0.15, -0.1) is 0 Å². The zero-order chi connectivity index (χ0) is 12.0. The van der Waals surface area contributed by atoms with Crippen LogP contribution in [-0.2, 0) is 11.3 Å². The SMILES string of the molecule is O=C(O)/C=C/CNCc1cc(Cl)ccc1F. The second kappa shape index (κ2) is 6.25. The molecule has 3 nitrogen and oxygen atoms in total. The Bertz CT molecular complexity index is 407. The number of rotatable bonds is 5. The minimum Gasteiger partial charge on any atom is -0.478 e. The van der Waals surface area contributed by atoms with Crippen molar-refractivity contribution in [2.75, 3.05) is 6.54 Å². The Morgan fingerprint density at radius 2 is 2.31 bits per heavy atom. The van der Waals surface area contributed by atoms with Gasteiger partial charge in [0.15, 0.2) is 0 Å². The molecule has 2 N–H and O–H groups in total. The molecule has 0 bridgehead atoms. The lowest BCUT2D eigenvalue weighted by Gasteiger charge is -2.04. The zero-order valence-electron chi connectivity index (χ0n) is 8.41. The third-order valence-corrected chi connectivity index (χ3v) is 2.08. The van der Waals surface area contributed by atoms with Crippen LogP contribution in [0.25, 0.3) is 0 Å². The van der Waals surface area contributed by atoms with E-state index in [0.717, 1.165) is 6.08 Å². The third-order valence-electron chi connectivity index (χ3n) is 1.85. The molecule has 0 unspecified atom stereocenters. The van der Waals surface area contributed by atoms with Gasteiger partial charge in [0.05, 0.1) is 0 Å². The molecule has 1 aromatic carbocycles. The van der Waals surface area contributed by atoms with Crippen LogP contribution in [0.4, 0.5) is 4.39 Å². The Kier molecular flexibility index (Phi) is 4.95. The van der Waals surface area contributed by atoms with Gasteiger partial charge in [-0.1, -0.05) is 17.7 Å². The number of carbonyl (C=O) groups is 1. The molecule has 0 aliphatic rings. The van der Waals surface area contributed by atoms with E-state index < -0.39 is 5.97 Å². The van der Waals surface area contributed by atoms with Crippen molar-refractivity contribution in [2.45, 2.75) is 6.54 Å². The van der Waals surface area contributed by atoms with Gasteiger partial charge in [0.25, 0.3) is 0 Å². The predicted octanol–water partition coefficient (Wildman–Crippen LogP) is 2.21. The Labute approximate surface area is 97.5 Å². The summed E-state index contributed by atoms with van der Waals surface area (Å²) >= 11 is 5.71. The summed E-state index contributed by atoms with van der Waals surface area (Å²) in [5.74, 6) is -1.34. The average molecular weight is 244 g/mol. The lowest BCUT2D eigenvalue weighted by Crippen LogP contribution is -2.14. The molecule has 0 radical (unpaired) electrons. The largest absolute Gasteiger partial charge is 0.478 e. The molecule has 0 spiro atoms. The molecule has 0 aliphatic heterocycles. The number of aliphatic carboxylic acids is 1. The van der Waals surface area contributed by atoms with Crippen LogP contribution in [0.2, 0.25) is 5.02 Å². The van der Waals surface area contributed by atoms with Crippen LogP contribution in [0.5, 0.6) is 0 Å². The van der Waals surface area contributed by atoms with Gasteiger partial charge in [0.2, 0.25) is 0 Å². The third kappa shape index (κ3) is 4.42. The van der Waals surface area contributed by atoms with Gasteiger partial charge >= 0.3 is 5.97 Å². The average Bonchev–Trinajstić information content (AvgIpc) is 2.22. The lowest BCUT2D eigenvalue weighted by atomic mass is 10.2. The van der Waals surface area contributed by atoms with Crippen molar-refractivity contribution in [2.24, 2.45) is 0 Å². The maximum atomic E-state index is 13.2. The summed E-state index contributed by atoms with van der Waals surface area (Å²) in [6.07, 6.45) is 2.48. The number of carboxylic acid groups (broad SMARTS) is 1. The molecule has 0 fully saturated rings. The number of hydrogen-bond donors (Lipinski definition) is 2. The number of hydrogen-bond acceptors (Lipinski definition) is 2. The minimum atomic E-state index is -1.00. The molecular formula is C11H11ClFNO2. The van der Waals surface area contributed by atoms with E-state index in [2.05, 4.69) is 5.32 Å². The topological polar surface area (TPSA) is 49.3 Å². The van der Waals surface area contributed by atoms with Gasteiger partial charge in [0.1, 0.15) is 5.82 Å². The number of nitrogens with one attached hydrogen (secondary N) is 1. The van der Waals surface area contributed by atoms with E-state index in [0.29, 0.717) is 23.7 Å². The highest BCUT2D eigenvalue weighted by molar-refractivity contribution is 6.30. The van der Waals surface area contributed by atoms with Crippen LogP contribution in [0.1, 0.15) is 5.56 Å². The number of benzene rings is 1. The maximum Gasteiger partial charge on any atom is 0.328 e. The van der Waals surface area contributed by atoms with Crippen molar-refractivity contribution in [1.82, 2.24) is 5.32 Å². The summed E-state index contributed by atoms with van der Waals surface area (Å²) in [5, 5.41) is 11.7. The first-order valence-corrected chi connectivity index (χ1v) is 5.01. The molecule has 86 valence electrons. The molecule has 1 rings (SSSR count).